The molecule has 0 saturated heterocycles. The first-order valence-corrected chi connectivity index (χ1v) is 11.0. The number of carbonyl (C=O) groups excluding carboxylic acids is 4. The lowest BCUT2D eigenvalue weighted by Gasteiger charge is -2.22. The molecule has 180 valence electrons. The van der Waals surface area contributed by atoms with Crippen LogP contribution in [-0.2, 0) is 27.2 Å². The number of hydrogen-bond acceptors (Lipinski definition) is 4. The summed E-state index contributed by atoms with van der Waals surface area (Å²) in [4.78, 5) is 49.2. The maximum Gasteiger partial charge on any atom is 0.243 e. The maximum atomic E-state index is 14.1. The Labute approximate surface area is 202 Å². The third kappa shape index (κ3) is 7.07. The third-order valence-electron chi connectivity index (χ3n) is 5.43. The van der Waals surface area contributed by atoms with E-state index in [0.29, 0.717) is 16.7 Å². The van der Waals surface area contributed by atoms with E-state index in [2.05, 4.69) is 10.6 Å². The molecule has 35 heavy (non-hydrogen) atoms. The first-order chi connectivity index (χ1) is 16.7. The number of carbonyl (C=O) groups is 4. The number of benzene rings is 3. The van der Waals surface area contributed by atoms with E-state index >= 15 is 0 Å². The Hall–Kier alpha value is -4.33. The van der Waals surface area contributed by atoms with Crippen molar-refractivity contribution in [2.45, 2.75) is 31.8 Å². The molecule has 0 aromatic heterocycles. The lowest BCUT2D eigenvalue weighted by Crippen LogP contribution is -2.54. The second kappa shape index (κ2) is 11.7. The van der Waals surface area contributed by atoms with Crippen LogP contribution in [-0.4, -0.2) is 35.6 Å². The molecule has 3 rings (SSSR count). The van der Waals surface area contributed by atoms with Crippen LogP contribution in [0.2, 0.25) is 0 Å². The minimum Gasteiger partial charge on any atom is -0.368 e. The lowest BCUT2D eigenvalue weighted by atomic mass is 9.99. The summed E-state index contributed by atoms with van der Waals surface area (Å²) >= 11 is 0. The fourth-order valence-electron chi connectivity index (χ4n) is 3.62. The summed E-state index contributed by atoms with van der Waals surface area (Å²) in [7, 11) is 0. The van der Waals surface area contributed by atoms with Crippen molar-refractivity contribution in [2.24, 2.45) is 5.73 Å². The Morgan fingerprint density at radius 2 is 1.37 bits per heavy atom. The number of hydrogen-bond donors (Lipinski definition) is 3. The van der Waals surface area contributed by atoms with Gasteiger partial charge in [-0.1, -0.05) is 72.8 Å². The highest BCUT2D eigenvalue weighted by Crippen LogP contribution is 2.13. The topological polar surface area (TPSA) is 118 Å². The molecular weight excluding hydrogens is 449 g/mol. The Morgan fingerprint density at radius 3 is 1.97 bits per heavy atom. The lowest BCUT2D eigenvalue weighted by molar-refractivity contribution is -0.130. The van der Waals surface area contributed by atoms with Gasteiger partial charge >= 0.3 is 0 Å². The molecule has 3 amide bonds. The van der Waals surface area contributed by atoms with Gasteiger partial charge < -0.3 is 16.4 Å². The second-order valence-electron chi connectivity index (χ2n) is 8.11. The molecule has 0 bridgehead atoms. The van der Waals surface area contributed by atoms with Crippen molar-refractivity contribution >= 4 is 23.5 Å². The Kier molecular flexibility index (Phi) is 8.45. The normalized spacial score (nSPS) is 12.3. The first kappa shape index (κ1) is 25.3. The van der Waals surface area contributed by atoms with Crippen molar-refractivity contribution in [3.05, 3.63) is 107 Å². The summed E-state index contributed by atoms with van der Waals surface area (Å²) in [6.07, 6.45) is -0.0206. The van der Waals surface area contributed by atoms with Gasteiger partial charge in [-0.25, -0.2) is 4.39 Å². The SMILES string of the molecule is CC(=O)N[C@H](Cc1ccccc1F)C(=O)N[C@H](Cc1ccc(C(=O)c2ccccc2)cc1)C(N)=O. The quantitative estimate of drug-likeness (QED) is 0.390. The molecule has 0 fully saturated rings. The van der Waals surface area contributed by atoms with Gasteiger partial charge in [0.25, 0.3) is 0 Å². The molecule has 0 heterocycles. The largest absolute Gasteiger partial charge is 0.368 e. The summed E-state index contributed by atoms with van der Waals surface area (Å²) in [6, 6.07) is 19.2. The number of rotatable bonds is 10. The van der Waals surface area contributed by atoms with E-state index in [1.165, 1.54) is 25.1 Å². The highest BCUT2D eigenvalue weighted by molar-refractivity contribution is 6.08. The maximum absolute atomic E-state index is 14.1. The summed E-state index contributed by atoms with van der Waals surface area (Å²) < 4.78 is 14.1. The molecule has 2 atom stereocenters. The summed E-state index contributed by atoms with van der Waals surface area (Å²) in [5.41, 5.74) is 7.46. The predicted molar refractivity (Wildman–Crippen MR) is 129 cm³/mol. The molecule has 0 aliphatic rings. The average molecular weight is 476 g/mol. The number of nitrogens with one attached hydrogen (secondary N) is 2. The standard InChI is InChI=1S/C27H26FN3O4/c1-17(32)30-24(16-21-9-5-6-10-22(21)28)27(35)31-23(26(29)34)15-18-11-13-20(14-12-18)25(33)19-7-3-2-4-8-19/h2-14,23-24H,15-16H2,1H3,(H2,29,34)(H,30,32)(H,31,35)/t23-,24-/m1/s1. The molecule has 0 unspecified atom stereocenters. The van der Waals surface area contributed by atoms with E-state index < -0.39 is 35.6 Å². The summed E-state index contributed by atoms with van der Waals surface area (Å²) in [5.74, 6) is -2.55. The van der Waals surface area contributed by atoms with Crippen molar-refractivity contribution < 1.29 is 23.6 Å². The zero-order valence-corrected chi connectivity index (χ0v) is 19.2. The van der Waals surface area contributed by atoms with Crippen LogP contribution >= 0.6 is 0 Å². The number of amides is 3. The minimum atomic E-state index is -1.10. The van der Waals surface area contributed by atoms with Gasteiger partial charge in [0.05, 0.1) is 0 Å². The molecule has 0 aliphatic carbocycles. The molecule has 0 aliphatic heterocycles. The number of halogens is 1. The number of ketones is 1. The van der Waals surface area contributed by atoms with Crippen LogP contribution in [0.3, 0.4) is 0 Å². The number of nitrogens with two attached hydrogens (primary N) is 1. The van der Waals surface area contributed by atoms with Crippen LogP contribution in [0.1, 0.15) is 34.0 Å². The van der Waals surface area contributed by atoms with Crippen LogP contribution in [0.5, 0.6) is 0 Å². The molecule has 3 aromatic rings. The first-order valence-electron chi connectivity index (χ1n) is 11.0. The van der Waals surface area contributed by atoms with Crippen molar-refractivity contribution in [1.82, 2.24) is 10.6 Å². The Morgan fingerprint density at radius 1 is 0.771 bits per heavy atom. The Balaban J connectivity index is 1.71. The molecule has 0 spiro atoms. The fourth-order valence-corrected chi connectivity index (χ4v) is 3.62. The molecule has 0 radical (unpaired) electrons. The third-order valence-corrected chi connectivity index (χ3v) is 5.43. The average Bonchev–Trinajstić information content (AvgIpc) is 2.84. The van der Waals surface area contributed by atoms with Gasteiger partial charge in [0.15, 0.2) is 5.78 Å². The van der Waals surface area contributed by atoms with Crippen molar-refractivity contribution in [3.63, 3.8) is 0 Å². The van der Waals surface area contributed by atoms with E-state index in [9.17, 15) is 23.6 Å². The van der Waals surface area contributed by atoms with E-state index in [4.69, 9.17) is 5.73 Å². The summed E-state index contributed by atoms with van der Waals surface area (Å²) in [5, 5.41) is 5.05. The number of primary amides is 1. The second-order valence-corrected chi connectivity index (χ2v) is 8.11. The van der Waals surface area contributed by atoms with Crippen molar-refractivity contribution in [3.8, 4) is 0 Å². The van der Waals surface area contributed by atoms with Crippen molar-refractivity contribution in [1.29, 1.82) is 0 Å². The highest BCUT2D eigenvalue weighted by atomic mass is 19.1. The van der Waals surface area contributed by atoms with Crippen LogP contribution < -0.4 is 16.4 Å². The fraction of sp³-hybridized carbons (Fsp3) is 0.185. The van der Waals surface area contributed by atoms with Gasteiger partial charge in [-0.3, -0.25) is 19.2 Å². The molecule has 4 N–H and O–H groups in total. The molecule has 8 heteroatoms. The minimum absolute atomic E-state index is 0.0768. The van der Waals surface area contributed by atoms with Gasteiger partial charge in [0.1, 0.15) is 17.9 Å². The van der Waals surface area contributed by atoms with E-state index in [-0.39, 0.29) is 24.2 Å². The monoisotopic (exact) mass is 475 g/mol. The van der Waals surface area contributed by atoms with E-state index in [1.807, 2.05) is 6.07 Å². The smallest absolute Gasteiger partial charge is 0.243 e. The molecule has 3 aromatic carbocycles. The molecular formula is C27H26FN3O4. The van der Waals surface area contributed by atoms with Gasteiger partial charge in [0.2, 0.25) is 17.7 Å². The van der Waals surface area contributed by atoms with Gasteiger partial charge in [0, 0.05) is 30.9 Å². The predicted octanol–water partition coefficient (Wildman–Crippen LogP) is 2.32. The Bertz CT molecular complexity index is 1210. The van der Waals surface area contributed by atoms with Crippen molar-refractivity contribution in [2.75, 3.05) is 0 Å². The molecule has 0 saturated carbocycles. The molecule has 7 nitrogen and oxygen atoms in total. The van der Waals surface area contributed by atoms with Crippen LogP contribution in [0, 0.1) is 5.82 Å². The van der Waals surface area contributed by atoms with Gasteiger partial charge in [-0.05, 0) is 17.2 Å². The van der Waals surface area contributed by atoms with E-state index in [0.717, 1.165) is 0 Å². The van der Waals surface area contributed by atoms with E-state index in [1.54, 1.807) is 54.6 Å². The van der Waals surface area contributed by atoms with Crippen LogP contribution in [0.25, 0.3) is 0 Å². The van der Waals surface area contributed by atoms with Gasteiger partial charge in [-0.15, -0.1) is 0 Å². The van der Waals surface area contributed by atoms with Gasteiger partial charge in [-0.2, -0.15) is 0 Å². The summed E-state index contributed by atoms with van der Waals surface area (Å²) in [6.45, 7) is 1.24. The van der Waals surface area contributed by atoms with Crippen LogP contribution in [0.4, 0.5) is 4.39 Å². The zero-order valence-electron chi connectivity index (χ0n) is 19.2. The zero-order chi connectivity index (χ0) is 25.4. The van der Waals surface area contributed by atoms with Crippen LogP contribution in [0.15, 0.2) is 78.9 Å². The highest BCUT2D eigenvalue weighted by Gasteiger charge is 2.26.